The summed E-state index contributed by atoms with van der Waals surface area (Å²) < 4.78 is 7.83. The van der Waals surface area contributed by atoms with E-state index in [2.05, 4.69) is 21.0 Å². The van der Waals surface area contributed by atoms with Gasteiger partial charge in [0.2, 0.25) is 0 Å². The van der Waals surface area contributed by atoms with Gasteiger partial charge in [-0.1, -0.05) is 0 Å². The van der Waals surface area contributed by atoms with Crippen LogP contribution < -0.4 is 5.73 Å². The summed E-state index contributed by atoms with van der Waals surface area (Å²) in [5.74, 6) is 0.583. The third kappa shape index (κ3) is 3.84. The standard InChI is InChI=1S/C16H23N5O/c1-20-14(5-7-19-20)11-21-8-9-22-15(12-21)3-2-13-4-6-18-16(17)10-13/h4-7,10,15H,2-3,8-9,11-12H2,1H3,(H2,17,18)/t15-/m0/s1. The Hall–Kier alpha value is -1.92. The highest BCUT2D eigenvalue weighted by Gasteiger charge is 2.21. The lowest BCUT2D eigenvalue weighted by atomic mass is 10.1. The second-order valence-electron chi connectivity index (χ2n) is 5.80. The van der Waals surface area contributed by atoms with Crippen molar-refractivity contribution in [1.82, 2.24) is 19.7 Å². The highest BCUT2D eigenvalue weighted by atomic mass is 16.5. The van der Waals surface area contributed by atoms with Gasteiger partial charge in [-0.3, -0.25) is 9.58 Å². The van der Waals surface area contributed by atoms with E-state index >= 15 is 0 Å². The average molecular weight is 301 g/mol. The summed E-state index contributed by atoms with van der Waals surface area (Å²) in [6, 6.07) is 6.03. The molecule has 3 heterocycles. The van der Waals surface area contributed by atoms with E-state index in [0.29, 0.717) is 5.82 Å². The first kappa shape index (κ1) is 15.0. The fraction of sp³-hybridized carbons (Fsp3) is 0.500. The summed E-state index contributed by atoms with van der Waals surface area (Å²) >= 11 is 0. The third-order valence-corrected chi connectivity index (χ3v) is 4.13. The van der Waals surface area contributed by atoms with Crippen molar-refractivity contribution in [3.8, 4) is 0 Å². The number of hydrogen-bond acceptors (Lipinski definition) is 5. The minimum absolute atomic E-state index is 0.274. The van der Waals surface area contributed by atoms with Crippen LogP contribution in [0.25, 0.3) is 0 Å². The number of ether oxygens (including phenoxy) is 1. The summed E-state index contributed by atoms with van der Waals surface area (Å²) in [5, 5.41) is 4.23. The molecule has 22 heavy (non-hydrogen) atoms. The average Bonchev–Trinajstić information content (AvgIpc) is 2.91. The lowest BCUT2D eigenvalue weighted by molar-refractivity contribution is -0.0352. The summed E-state index contributed by atoms with van der Waals surface area (Å²) in [6.07, 6.45) is 5.86. The van der Waals surface area contributed by atoms with E-state index in [0.717, 1.165) is 39.1 Å². The maximum absolute atomic E-state index is 5.90. The molecule has 2 aromatic rings. The Bertz CT molecular complexity index is 612. The van der Waals surface area contributed by atoms with Crippen LogP contribution in [0.3, 0.4) is 0 Å². The molecule has 0 aromatic carbocycles. The van der Waals surface area contributed by atoms with Gasteiger partial charge in [-0.05, 0) is 36.6 Å². The van der Waals surface area contributed by atoms with Gasteiger partial charge in [0.25, 0.3) is 0 Å². The SMILES string of the molecule is Cn1nccc1CN1CCO[C@@H](CCc2ccnc(N)c2)C1. The Morgan fingerprint density at radius 2 is 2.27 bits per heavy atom. The van der Waals surface area contributed by atoms with E-state index in [4.69, 9.17) is 10.5 Å². The number of pyridine rings is 1. The zero-order chi connectivity index (χ0) is 15.4. The Labute approximate surface area is 130 Å². The smallest absolute Gasteiger partial charge is 0.123 e. The van der Waals surface area contributed by atoms with E-state index in [9.17, 15) is 0 Å². The van der Waals surface area contributed by atoms with E-state index in [1.807, 2.05) is 30.1 Å². The van der Waals surface area contributed by atoms with Crippen LogP contribution >= 0.6 is 0 Å². The Morgan fingerprint density at radius 1 is 1.36 bits per heavy atom. The maximum Gasteiger partial charge on any atom is 0.123 e. The van der Waals surface area contributed by atoms with Crippen LogP contribution in [0.1, 0.15) is 17.7 Å². The Kier molecular flexibility index (Phi) is 4.70. The predicted molar refractivity (Wildman–Crippen MR) is 85.2 cm³/mol. The quantitative estimate of drug-likeness (QED) is 0.899. The lowest BCUT2D eigenvalue weighted by Gasteiger charge is -2.33. The topological polar surface area (TPSA) is 69.2 Å². The number of nitrogens with zero attached hydrogens (tertiary/aromatic N) is 4. The minimum atomic E-state index is 0.274. The fourth-order valence-electron chi connectivity index (χ4n) is 2.86. The molecule has 1 atom stereocenters. The molecular weight excluding hydrogens is 278 g/mol. The largest absolute Gasteiger partial charge is 0.384 e. The molecule has 2 N–H and O–H groups in total. The van der Waals surface area contributed by atoms with Crippen molar-refractivity contribution in [3.63, 3.8) is 0 Å². The number of aromatic nitrogens is 3. The van der Waals surface area contributed by atoms with Crippen molar-refractivity contribution in [2.75, 3.05) is 25.4 Å². The first-order valence-electron chi connectivity index (χ1n) is 7.72. The van der Waals surface area contributed by atoms with E-state index in [1.54, 1.807) is 6.20 Å². The van der Waals surface area contributed by atoms with Crippen molar-refractivity contribution in [2.45, 2.75) is 25.5 Å². The molecule has 3 rings (SSSR count). The Morgan fingerprint density at radius 3 is 3.05 bits per heavy atom. The van der Waals surface area contributed by atoms with Crippen LogP contribution in [-0.4, -0.2) is 45.5 Å². The highest BCUT2D eigenvalue weighted by Crippen LogP contribution is 2.15. The molecule has 6 nitrogen and oxygen atoms in total. The van der Waals surface area contributed by atoms with Gasteiger partial charge in [0.15, 0.2) is 0 Å². The molecule has 0 radical (unpaired) electrons. The first-order valence-corrected chi connectivity index (χ1v) is 7.72. The molecule has 1 saturated heterocycles. The summed E-state index contributed by atoms with van der Waals surface area (Å²) in [6.45, 7) is 3.66. The summed E-state index contributed by atoms with van der Waals surface area (Å²) in [5.41, 5.74) is 8.18. The van der Waals surface area contributed by atoms with Gasteiger partial charge in [0.05, 0.1) is 18.4 Å². The minimum Gasteiger partial charge on any atom is -0.384 e. The normalized spacial score (nSPS) is 19.4. The fourth-order valence-corrected chi connectivity index (χ4v) is 2.86. The summed E-state index contributed by atoms with van der Waals surface area (Å²) in [7, 11) is 1.99. The predicted octanol–water partition coefficient (Wildman–Crippen LogP) is 1.23. The van der Waals surface area contributed by atoms with Crippen molar-refractivity contribution in [3.05, 3.63) is 41.9 Å². The van der Waals surface area contributed by atoms with E-state index in [-0.39, 0.29) is 6.10 Å². The molecule has 0 spiro atoms. The number of aryl methyl sites for hydroxylation is 2. The molecule has 6 heteroatoms. The molecule has 0 amide bonds. The van der Waals surface area contributed by atoms with Gasteiger partial charge in [-0.2, -0.15) is 5.10 Å². The van der Waals surface area contributed by atoms with Crippen molar-refractivity contribution < 1.29 is 4.74 Å². The van der Waals surface area contributed by atoms with Gasteiger partial charge in [0.1, 0.15) is 5.82 Å². The highest BCUT2D eigenvalue weighted by molar-refractivity contribution is 5.31. The molecule has 118 valence electrons. The monoisotopic (exact) mass is 301 g/mol. The lowest BCUT2D eigenvalue weighted by Crippen LogP contribution is -2.42. The molecule has 1 aliphatic rings. The maximum atomic E-state index is 5.90. The van der Waals surface area contributed by atoms with E-state index < -0.39 is 0 Å². The number of hydrogen-bond donors (Lipinski definition) is 1. The van der Waals surface area contributed by atoms with Crippen molar-refractivity contribution in [1.29, 1.82) is 0 Å². The van der Waals surface area contributed by atoms with Gasteiger partial charge in [-0.25, -0.2) is 4.98 Å². The number of nitrogen functional groups attached to an aromatic ring is 1. The van der Waals surface area contributed by atoms with Crippen LogP contribution in [0.2, 0.25) is 0 Å². The summed E-state index contributed by atoms with van der Waals surface area (Å²) in [4.78, 5) is 6.46. The number of morpholine rings is 1. The molecule has 1 aliphatic heterocycles. The molecule has 0 unspecified atom stereocenters. The van der Waals surface area contributed by atoms with Crippen LogP contribution in [0, 0.1) is 0 Å². The van der Waals surface area contributed by atoms with Gasteiger partial charge in [0, 0.05) is 39.1 Å². The van der Waals surface area contributed by atoms with Crippen molar-refractivity contribution >= 4 is 5.82 Å². The van der Waals surface area contributed by atoms with Gasteiger partial charge < -0.3 is 10.5 Å². The van der Waals surface area contributed by atoms with Crippen molar-refractivity contribution in [2.24, 2.45) is 7.05 Å². The molecular formula is C16H23N5O. The zero-order valence-electron chi connectivity index (χ0n) is 13.0. The third-order valence-electron chi connectivity index (χ3n) is 4.13. The molecule has 1 fully saturated rings. The van der Waals surface area contributed by atoms with Crippen LogP contribution in [0.5, 0.6) is 0 Å². The molecule has 2 aromatic heterocycles. The second-order valence-corrected chi connectivity index (χ2v) is 5.80. The molecule has 0 aliphatic carbocycles. The molecule has 0 bridgehead atoms. The van der Waals surface area contributed by atoms with Gasteiger partial charge >= 0.3 is 0 Å². The number of anilines is 1. The Balaban J connectivity index is 1.51. The van der Waals surface area contributed by atoms with Crippen LogP contribution in [-0.2, 0) is 24.8 Å². The molecule has 0 saturated carbocycles. The van der Waals surface area contributed by atoms with E-state index in [1.165, 1.54) is 11.3 Å². The zero-order valence-corrected chi connectivity index (χ0v) is 13.0. The van der Waals surface area contributed by atoms with Gasteiger partial charge in [-0.15, -0.1) is 0 Å². The first-order chi connectivity index (χ1) is 10.7. The van der Waals surface area contributed by atoms with Crippen LogP contribution in [0.4, 0.5) is 5.82 Å². The second kappa shape index (κ2) is 6.89. The number of rotatable bonds is 5. The van der Waals surface area contributed by atoms with Crippen LogP contribution in [0.15, 0.2) is 30.6 Å². The number of nitrogens with two attached hydrogens (primary N) is 1.